The molecule has 0 aromatic rings. The van der Waals surface area contributed by atoms with Gasteiger partial charge in [0.05, 0.1) is 0 Å². The predicted octanol–water partition coefficient (Wildman–Crippen LogP) is -2.11. The fourth-order valence-electron chi connectivity index (χ4n) is 0. The van der Waals surface area contributed by atoms with Crippen molar-refractivity contribution in [2.75, 3.05) is 0 Å². The Balaban J connectivity index is 0. The van der Waals surface area contributed by atoms with Crippen molar-refractivity contribution in [1.82, 2.24) is 0 Å². The van der Waals surface area contributed by atoms with Crippen LogP contribution in [0.15, 0.2) is 0 Å². The van der Waals surface area contributed by atoms with Crippen LogP contribution in [0.5, 0.6) is 0 Å². The molecule has 0 nitrogen and oxygen atoms in total. The van der Waals surface area contributed by atoms with Gasteiger partial charge in [-0.1, -0.05) is 0 Å². The second kappa shape index (κ2) is 18.2. The van der Waals surface area contributed by atoms with Gasteiger partial charge in [0.25, 0.3) is 0 Å². The van der Waals surface area contributed by atoms with Gasteiger partial charge in [-0.3, -0.25) is 0 Å². The summed E-state index contributed by atoms with van der Waals surface area (Å²) in [5, 5.41) is 0. The molecule has 23 valence electrons. The predicted molar refractivity (Wildman–Crippen MR) is 18.5 cm³/mol. The fourth-order valence-corrected chi connectivity index (χ4v) is 0. The van der Waals surface area contributed by atoms with E-state index in [1.54, 1.807) is 0 Å². The molecule has 0 aromatic carbocycles. The summed E-state index contributed by atoms with van der Waals surface area (Å²) in [7, 11) is 0. The monoisotopic (exact) mass is 321 g/mol. The summed E-state index contributed by atoms with van der Waals surface area (Å²) in [5.74, 6) is 0. The van der Waals surface area contributed by atoms with E-state index >= 15 is 0 Å². The minimum atomic E-state index is 0. The van der Waals surface area contributed by atoms with Crippen LogP contribution in [0, 0.1) is 0 Å². The first-order valence-electron chi connectivity index (χ1n) is 0. The van der Waals surface area contributed by atoms with Gasteiger partial charge in [0.15, 0.2) is 0 Å². The van der Waals surface area contributed by atoms with Gasteiger partial charge in [-0.15, -0.1) is 0 Å². The van der Waals surface area contributed by atoms with Crippen molar-refractivity contribution in [2.45, 2.75) is 0 Å². The molecule has 4 heteroatoms. The van der Waals surface area contributed by atoms with Crippen LogP contribution < -0.4 is 0 Å². The average molecular weight is 318 g/mol. The molecule has 0 saturated heterocycles. The summed E-state index contributed by atoms with van der Waals surface area (Å²) >= 11 is 0. The van der Waals surface area contributed by atoms with E-state index in [-0.39, 0.29) is 75.2 Å². The Labute approximate surface area is 74.3 Å². The third kappa shape index (κ3) is 8.84. The Hall–Kier alpha value is 2.37. The molecule has 0 spiro atoms. The molecular formula is H5GeMoSeZn. The maximum atomic E-state index is 0. The van der Waals surface area contributed by atoms with Gasteiger partial charge >= 0.3 is 34.7 Å². The van der Waals surface area contributed by atoms with E-state index in [9.17, 15) is 0 Å². The second-order valence-electron chi connectivity index (χ2n) is 0. The van der Waals surface area contributed by atoms with Gasteiger partial charge in [0, 0.05) is 40.5 Å². The van der Waals surface area contributed by atoms with Crippen LogP contribution in [0.2, 0.25) is 0 Å². The standard InChI is InChI=1S/GeH4.Mo.HSe.Zn/h1H4;;1H;. The molecule has 0 atom stereocenters. The largest absolute Gasteiger partial charge is 0 e. The Kier molecular flexibility index (Phi) is 149. The molecule has 0 aliphatic rings. The van der Waals surface area contributed by atoms with Crippen LogP contribution >= 0.6 is 0 Å². The third-order valence-corrected chi connectivity index (χ3v) is 0. The van der Waals surface area contributed by atoms with Gasteiger partial charge < -0.3 is 0 Å². The van der Waals surface area contributed by atoms with Crippen molar-refractivity contribution in [1.29, 1.82) is 0 Å². The molecule has 0 unspecified atom stereocenters. The summed E-state index contributed by atoms with van der Waals surface area (Å²) in [6.07, 6.45) is 0. The first kappa shape index (κ1) is 32.7. The summed E-state index contributed by atoms with van der Waals surface area (Å²) in [6, 6.07) is 0. The molecule has 0 amide bonds. The first-order chi connectivity index (χ1) is 0. The van der Waals surface area contributed by atoms with Gasteiger partial charge in [-0.2, -0.15) is 0 Å². The van der Waals surface area contributed by atoms with E-state index in [2.05, 4.69) is 0 Å². The summed E-state index contributed by atoms with van der Waals surface area (Å²) in [5.41, 5.74) is 0. The number of hydrogen-bond donors (Lipinski definition) is 0. The molecule has 0 bridgehead atoms. The zero-order valence-electron chi connectivity index (χ0n) is 1.56. The Morgan fingerprint density at radius 1 is 1.00 bits per heavy atom. The van der Waals surface area contributed by atoms with Crippen molar-refractivity contribution in [3.8, 4) is 0 Å². The molecule has 0 rings (SSSR count). The smallest absolute Gasteiger partial charge is 0 e. The molecule has 0 saturated carbocycles. The van der Waals surface area contributed by atoms with Crippen molar-refractivity contribution >= 4 is 34.7 Å². The second-order valence-corrected chi connectivity index (χ2v) is 0. The van der Waals surface area contributed by atoms with Gasteiger partial charge in [-0.25, -0.2) is 0 Å². The fraction of sp³-hybridized carbons (Fsp3) is 0. The van der Waals surface area contributed by atoms with Gasteiger partial charge in [0.1, 0.15) is 0 Å². The normalized spacial score (nSPS) is 0. The molecule has 4 heavy (non-hydrogen) atoms. The van der Waals surface area contributed by atoms with Crippen LogP contribution in [0.3, 0.4) is 0 Å². The Bertz CT molecular complexity index is 8.00. The Morgan fingerprint density at radius 3 is 1.00 bits per heavy atom. The number of rotatable bonds is 0. The summed E-state index contributed by atoms with van der Waals surface area (Å²) < 4.78 is 0. The van der Waals surface area contributed by atoms with Gasteiger partial charge in [-0.05, 0) is 0 Å². The summed E-state index contributed by atoms with van der Waals surface area (Å²) in [4.78, 5) is 0. The zero-order chi connectivity index (χ0) is 0. The minimum absolute atomic E-state index is 0. The van der Waals surface area contributed by atoms with E-state index < -0.39 is 0 Å². The van der Waals surface area contributed by atoms with E-state index in [4.69, 9.17) is 0 Å². The van der Waals surface area contributed by atoms with Crippen LogP contribution in [-0.4, -0.2) is 34.7 Å². The van der Waals surface area contributed by atoms with Crippen LogP contribution in [0.4, 0.5) is 0 Å². The first-order valence-corrected chi connectivity index (χ1v) is 0. The molecule has 1 radical (unpaired) electrons. The van der Waals surface area contributed by atoms with Crippen LogP contribution in [0.1, 0.15) is 0 Å². The minimum Gasteiger partial charge on any atom is 0 e. The third-order valence-electron chi connectivity index (χ3n) is 0. The SMILES string of the molecule is [GeH4].[Mo].[SeH].[Zn]. The number of hydrogen-bond acceptors (Lipinski definition) is 0. The summed E-state index contributed by atoms with van der Waals surface area (Å²) in [6.45, 7) is 0. The van der Waals surface area contributed by atoms with E-state index in [1.807, 2.05) is 0 Å². The van der Waals surface area contributed by atoms with Crippen molar-refractivity contribution in [3.05, 3.63) is 0 Å². The van der Waals surface area contributed by atoms with E-state index in [0.29, 0.717) is 0 Å². The average Bonchev–Trinajstić information content (AvgIpc) is 0. The molecule has 0 fully saturated rings. The van der Waals surface area contributed by atoms with Gasteiger partial charge in [0.2, 0.25) is 0 Å². The zero-order valence-corrected chi connectivity index (χ0v) is 8.41. The van der Waals surface area contributed by atoms with Crippen molar-refractivity contribution < 1.29 is 40.5 Å². The maximum Gasteiger partial charge on any atom is 0 e. The van der Waals surface area contributed by atoms with Crippen LogP contribution in [0.25, 0.3) is 0 Å². The topological polar surface area (TPSA) is 0 Å². The molecule has 0 aliphatic heterocycles. The van der Waals surface area contributed by atoms with Crippen molar-refractivity contribution in [2.24, 2.45) is 0 Å². The molecule has 0 heterocycles. The Morgan fingerprint density at radius 2 is 1.00 bits per heavy atom. The molecule has 0 aliphatic carbocycles. The van der Waals surface area contributed by atoms with E-state index in [1.165, 1.54) is 0 Å². The van der Waals surface area contributed by atoms with E-state index in [0.717, 1.165) is 0 Å². The maximum absolute atomic E-state index is 0. The molecular weight excluding hydrogens is 313 g/mol. The van der Waals surface area contributed by atoms with Crippen molar-refractivity contribution in [3.63, 3.8) is 0 Å². The molecule has 0 aromatic heterocycles. The quantitative estimate of drug-likeness (QED) is 0.449. The molecule has 0 N–H and O–H groups in total. The van der Waals surface area contributed by atoms with Crippen LogP contribution in [-0.2, 0) is 40.5 Å².